The fourth-order valence-corrected chi connectivity index (χ4v) is 3.41. The van der Waals surface area contributed by atoms with Crippen molar-refractivity contribution in [1.82, 2.24) is 14.5 Å². The van der Waals surface area contributed by atoms with Crippen LogP contribution >= 0.6 is 11.8 Å². The molecule has 3 rings (SSSR count). The van der Waals surface area contributed by atoms with Gasteiger partial charge in [-0.3, -0.25) is 14.3 Å². The number of nitrogens with zero attached hydrogens (tertiary/aromatic N) is 4. The zero-order valence-electron chi connectivity index (χ0n) is 13.7. The maximum Gasteiger partial charge on any atom is 0.272 e. The summed E-state index contributed by atoms with van der Waals surface area (Å²) >= 11 is 1.19. The van der Waals surface area contributed by atoms with Gasteiger partial charge < -0.3 is 0 Å². The SMILES string of the molecule is CC(C)(C)c1ccc(-c2nc3n(c(=O)c2C#N)CC(F)CS3)cn1. The molecule has 1 atom stereocenters. The van der Waals surface area contributed by atoms with Crippen molar-refractivity contribution in [2.75, 3.05) is 5.75 Å². The maximum absolute atomic E-state index is 13.6. The highest BCUT2D eigenvalue weighted by atomic mass is 32.2. The molecule has 5 nitrogen and oxygen atoms in total. The Balaban J connectivity index is 2.14. The van der Waals surface area contributed by atoms with Crippen molar-refractivity contribution in [3.05, 3.63) is 39.9 Å². The molecule has 0 amide bonds. The summed E-state index contributed by atoms with van der Waals surface area (Å²) in [4.78, 5) is 21.4. The van der Waals surface area contributed by atoms with E-state index in [9.17, 15) is 14.4 Å². The summed E-state index contributed by atoms with van der Waals surface area (Å²) in [5.74, 6) is 0.263. The first-order valence-electron chi connectivity index (χ1n) is 7.60. The Kier molecular flexibility index (Phi) is 4.18. The Morgan fingerprint density at radius 3 is 2.75 bits per heavy atom. The van der Waals surface area contributed by atoms with Gasteiger partial charge in [-0.2, -0.15) is 5.26 Å². The predicted molar refractivity (Wildman–Crippen MR) is 90.8 cm³/mol. The van der Waals surface area contributed by atoms with Crippen molar-refractivity contribution < 1.29 is 4.39 Å². The lowest BCUT2D eigenvalue weighted by Crippen LogP contribution is -2.33. The van der Waals surface area contributed by atoms with Gasteiger partial charge in [0.25, 0.3) is 5.56 Å². The van der Waals surface area contributed by atoms with E-state index in [-0.39, 0.29) is 23.3 Å². The molecule has 1 aliphatic rings. The number of aromatic nitrogens is 3. The van der Waals surface area contributed by atoms with Crippen LogP contribution in [-0.4, -0.2) is 26.5 Å². The summed E-state index contributed by atoms with van der Waals surface area (Å²) in [6.45, 7) is 6.13. The number of rotatable bonds is 1. The van der Waals surface area contributed by atoms with Crippen LogP contribution in [-0.2, 0) is 12.0 Å². The highest BCUT2D eigenvalue weighted by Crippen LogP contribution is 2.28. The quantitative estimate of drug-likeness (QED) is 0.744. The highest BCUT2D eigenvalue weighted by Gasteiger charge is 2.25. The number of thioether (sulfide) groups is 1. The van der Waals surface area contributed by atoms with E-state index in [1.807, 2.05) is 18.2 Å². The number of hydrogen-bond donors (Lipinski definition) is 0. The van der Waals surface area contributed by atoms with Crippen LogP contribution in [0, 0.1) is 11.3 Å². The minimum Gasteiger partial charge on any atom is -0.283 e. The van der Waals surface area contributed by atoms with Gasteiger partial charge in [-0.1, -0.05) is 32.5 Å². The maximum atomic E-state index is 13.6. The van der Waals surface area contributed by atoms with Gasteiger partial charge in [0.2, 0.25) is 0 Å². The lowest BCUT2D eigenvalue weighted by molar-refractivity contribution is 0.303. The normalized spacial score (nSPS) is 17.2. The van der Waals surface area contributed by atoms with E-state index in [1.54, 1.807) is 6.20 Å². The molecule has 24 heavy (non-hydrogen) atoms. The standard InChI is InChI=1S/C17H17FN4OS/c1-17(2,3)13-5-4-10(7-20-13)14-12(6-19)15(23)22-8-11(18)9-24-16(22)21-14/h4-5,7,11H,8-9H2,1-3H3. The van der Waals surface area contributed by atoms with Gasteiger partial charge in [-0.05, 0) is 12.1 Å². The molecule has 0 fully saturated rings. The topological polar surface area (TPSA) is 71.6 Å². The molecule has 7 heteroatoms. The molecule has 2 aromatic rings. The summed E-state index contributed by atoms with van der Waals surface area (Å²) in [6.07, 6.45) is 0.526. The van der Waals surface area contributed by atoms with Gasteiger partial charge in [-0.25, -0.2) is 9.37 Å². The molecule has 0 spiro atoms. The van der Waals surface area contributed by atoms with Crippen molar-refractivity contribution >= 4 is 11.8 Å². The first-order chi connectivity index (χ1) is 11.3. The van der Waals surface area contributed by atoms with E-state index in [0.717, 1.165) is 5.69 Å². The van der Waals surface area contributed by atoms with Crippen LogP contribution in [0.4, 0.5) is 4.39 Å². The van der Waals surface area contributed by atoms with Gasteiger partial charge in [0.15, 0.2) is 5.16 Å². The first-order valence-corrected chi connectivity index (χ1v) is 8.58. The highest BCUT2D eigenvalue weighted by molar-refractivity contribution is 7.99. The van der Waals surface area contributed by atoms with E-state index in [4.69, 9.17) is 0 Å². The Morgan fingerprint density at radius 2 is 2.17 bits per heavy atom. The van der Waals surface area contributed by atoms with Crippen LogP contribution < -0.4 is 5.56 Å². The van der Waals surface area contributed by atoms with Gasteiger partial charge in [-0.15, -0.1) is 0 Å². The molecule has 1 aliphatic heterocycles. The average molecular weight is 344 g/mol. The summed E-state index contributed by atoms with van der Waals surface area (Å²) in [7, 11) is 0. The largest absolute Gasteiger partial charge is 0.283 e. The first kappa shape index (κ1) is 16.7. The molecule has 0 saturated heterocycles. The molecule has 124 valence electrons. The second-order valence-electron chi connectivity index (χ2n) is 6.74. The van der Waals surface area contributed by atoms with E-state index >= 15 is 0 Å². The summed E-state index contributed by atoms with van der Waals surface area (Å²) in [5.41, 5.74) is 1.18. The van der Waals surface area contributed by atoms with E-state index in [1.165, 1.54) is 16.3 Å². The third kappa shape index (κ3) is 2.94. The van der Waals surface area contributed by atoms with Gasteiger partial charge >= 0.3 is 0 Å². The zero-order chi connectivity index (χ0) is 17.5. The van der Waals surface area contributed by atoms with Crippen molar-refractivity contribution in [3.8, 4) is 17.3 Å². The molecule has 2 aromatic heterocycles. The molecule has 0 saturated carbocycles. The second kappa shape index (κ2) is 6.02. The molecule has 1 unspecified atom stereocenters. The fraction of sp³-hybridized carbons (Fsp3) is 0.412. The lowest BCUT2D eigenvalue weighted by Gasteiger charge is -2.21. The molecule has 0 N–H and O–H groups in total. The molecular weight excluding hydrogens is 327 g/mol. The molecule has 0 bridgehead atoms. The number of hydrogen-bond acceptors (Lipinski definition) is 5. The Hall–Kier alpha value is -2.20. The van der Waals surface area contributed by atoms with Gasteiger partial charge in [0.1, 0.15) is 17.8 Å². The molecular formula is C17H17FN4OS. The summed E-state index contributed by atoms with van der Waals surface area (Å²) in [5, 5.41) is 9.83. The summed E-state index contributed by atoms with van der Waals surface area (Å²) < 4.78 is 14.8. The molecule has 0 aliphatic carbocycles. The van der Waals surface area contributed by atoms with Crippen molar-refractivity contribution in [3.63, 3.8) is 0 Å². The zero-order valence-corrected chi connectivity index (χ0v) is 14.5. The minimum absolute atomic E-state index is 0.0513. The number of fused-ring (bicyclic) bond motifs is 1. The van der Waals surface area contributed by atoms with Crippen molar-refractivity contribution in [2.45, 2.75) is 44.1 Å². The van der Waals surface area contributed by atoms with Gasteiger partial charge in [0.05, 0.1) is 12.2 Å². The van der Waals surface area contributed by atoms with E-state index in [0.29, 0.717) is 16.4 Å². The van der Waals surface area contributed by atoms with Crippen molar-refractivity contribution in [2.24, 2.45) is 0 Å². The molecule has 3 heterocycles. The monoisotopic (exact) mass is 344 g/mol. The smallest absolute Gasteiger partial charge is 0.272 e. The molecule has 0 aromatic carbocycles. The third-order valence-electron chi connectivity index (χ3n) is 3.83. The number of alkyl halides is 1. The minimum atomic E-state index is -1.10. The second-order valence-corrected chi connectivity index (χ2v) is 7.72. The number of halogens is 1. The lowest BCUT2D eigenvalue weighted by atomic mass is 9.91. The predicted octanol–water partition coefficient (Wildman–Crippen LogP) is 2.92. The number of pyridine rings is 1. The third-order valence-corrected chi connectivity index (χ3v) is 4.92. The van der Waals surface area contributed by atoms with E-state index < -0.39 is 11.7 Å². The summed E-state index contributed by atoms with van der Waals surface area (Å²) in [6, 6.07) is 5.61. The molecule has 0 radical (unpaired) electrons. The Bertz CT molecular complexity index is 878. The van der Waals surface area contributed by atoms with E-state index in [2.05, 4.69) is 30.7 Å². The fourth-order valence-electron chi connectivity index (χ4n) is 2.51. The van der Waals surface area contributed by atoms with Crippen LogP contribution in [0.1, 0.15) is 32.0 Å². The number of nitriles is 1. The Morgan fingerprint density at radius 1 is 1.42 bits per heavy atom. The van der Waals surface area contributed by atoms with Crippen LogP contribution in [0.5, 0.6) is 0 Å². The van der Waals surface area contributed by atoms with Crippen LogP contribution in [0.25, 0.3) is 11.3 Å². The van der Waals surface area contributed by atoms with Crippen LogP contribution in [0.2, 0.25) is 0 Å². The van der Waals surface area contributed by atoms with Crippen LogP contribution in [0.3, 0.4) is 0 Å². The van der Waals surface area contributed by atoms with Gasteiger partial charge in [0, 0.05) is 28.6 Å². The van der Waals surface area contributed by atoms with Crippen molar-refractivity contribution in [1.29, 1.82) is 5.26 Å². The average Bonchev–Trinajstić information content (AvgIpc) is 2.54. The van der Waals surface area contributed by atoms with Crippen LogP contribution in [0.15, 0.2) is 28.3 Å². The Labute approximate surface area is 143 Å².